The lowest BCUT2D eigenvalue weighted by Gasteiger charge is -2.14. The summed E-state index contributed by atoms with van der Waals surface area (Å²) in [6.45, 7) is 0. The number of rotatable bonds is 4. The first-order chi connectivity index (χ1) is 10.3. The van der Waals surface area contributed by atoms with Crippen LogP contribution in [0.5, 0.6) is 0 Å². The maximum atomic E-state index is 12.3. The first-order valence-corrected chi connectivity index (χ1v) is 7.14. The number of allylic oxidation sites excluding steroid dienone is 1. The molecule has 0 saturated heterocycles. The molecule has 2 aromatic rings. The third-order valence-corrected chi connectivity index (χ3v) is 4.17. The average molecular weight is 278 g/mol. The summed E-state index contributed by atoms with van der Waals surface area (Å²) in [6, 6.07) is 20.0. The third kappa shape index (κ3) is 2.49. The van der Waals surface area contributed by atoms with Gasteiger partial charge in [0.15, 0.2) is 0 Å². The van der Waals surface area contributed by atoms with Crippen molar-refractivity contribution in [3.05, 3.63) is 77.9 Å². The van der Waals surface area contributed by atoms with Gasteiger partial charge in [0, 0.05) is 0 Å². The summed E-state index contributed by atoms with van der Waals surface area (Å²) in [4.78, 5) is 12.3. The van der Waals surface area contributed by atoms with E-state index < -0.39 is 5.41 Å². The minimum Gasteiger partial charge on any atom is -0.468 e. The fourth-order valence-electron chi connectivity index (χ4n) is 2.91. The van der Waals surface area contributed by atoms with Crippen LogP contribution in [0.2, 0.25) is 0 Å². The zero-order valence-corrected chi connectivity index (χ0v) is 12.0. The van der Waals surface area contributed by atoms with Crippen LogP contribution in [-0.4, -0.2) is 13.1 Å². The van der Waals surface area contributed by atoms with E-state index >= 15 is 0 Å². The van der Waals surface area contributed by atoms with Crippen molar-refractivity contribution in [2.75, 3.05) is 7.11 Å². The average Bonchev–Trinajstić information content (AvgIpc) is 3.30. The highest BCUT2D eigenvalue weighted by Gasteiger charge is 2.60. The van der Waals surface area contributed by atoms with Gasteiger partial charge in [-0.15, -0.1) is 0 Å². The molecular formula is C19H18O2. The molecule has 0 radical (unpaired) electrons. The summed E-state index contributed by atoms with van der Waals surface area (Å²) in [6.07, 6.45) is 5.02. The van der Waals surface area contributed by atoms with E-state index in [1.165, 1.54) is 7.11 Å². The zero-order chi connectivity index (χ0) is 14.7. The second-order valence-electron chi connectivity index (χ2n) is 5.41. The van der Waals surface area contributed by atoms with Crippen LogP contribution in [0.4, 0.5) is 0 Å². The van der Waals surface area contributed by atoms with Gasteiger partial charge in [0.1, 0.15) is 0 Å². The van der Waals surface area contributed by atoms with Crippen LogP contribution in [0, 0.1) is 5.92 Å². The summed E-state index contributed by atoms with van der Waals surface area (Å²) in [5.41, 5.74) is 1.69. The molecule has 1 fully saturated rings. The number of hydrogen-bond acceptors (Lipinski definition) is 2. The first-order valence-electron chi connectivity index (χ1n) is 7.14. The van der Waals surface area contributed by atoms with E-state index in [9.17, 15) is 4.79 Å². The van der Waals surface area contributed by atoms with Crippen molar-refractivity contribution < 1.29 is 9.53 Å². The predicted molar refractivity (Wildman–Crippen MR) is 83.7 cm³/mol. The van der Waals surface area contributed by atoms with Crippen LogP contribution >= 0.6 is 0 Å². The minimum atomic E-state index is -0.499. The smallest absolute Gasteiger partial charge is 0.316 e. The minimum absolute atomic E-state index is 0.142. The van der Waals surface area contributed by atoms with Gasteiger partial charge in [-0.3, -0.25) is 4.79 Å². The summed E-state index contributed by atoms with van der Waals surface area (Å²) in [7, 11) is 1.46. The predicted octanol–water partition coefficient (Wildman–Crippen LogP) is 3.83. The highest BCUT2D eigenvalue weighted by atomic mass is 16.5. The Morgan fingerprint density at radius 3 is 2.33 bits per heavy atom. The Labute approximate surface area is 125 Å². The second kappa shape index (κ2) is 5.57. The van der Waals surface area contributed by atoms with Gasteiger partial charge in [0.05, 0.1) is 12.5 Å². The van der Waals surface area contributed by atoms with Gasteiger partial charge in [-0.1, -0.05) is 72.8 Å². The summed E-state index contributed by atoms with van der Waals surface area (Å²) in [5.74, 6) is 0.0592. The molecule has 3 rings (SSSR count). The fraction of sp³-hybridized carbons (Fsp3) is 0.211. The molecule has 0 bridgehead atoms. The van der Waals surface area contributed by atoms with E-state index in [0.717, 1.165) is 17.5 Å². The number of benzene rings is 2. The molecule has 21 heavy (non-hydrogen) atoms. The van der Waals surface area contributed by atoms with E-state index in [2.05, 4.69) is 24.3 Å². The monoisotopic (exact) mass is 278 g/mol. The molecule has 106 valence electrons. The molecule has 0 N–H and O–H groups in total. The molecule has 1 aliphatic carbocycles. The lowest BCUT2D eigenvalue weighted by atomic mass is 9.93. The van der Waals surface area contributed by atoms with Crippen molar-refractivity contribution in [2.45, 2.75) is 11.8 Å². The van der Waals surface area contributed by atoms with E-state index in [0.29, 0.717) is 0 Å². The van der Waals surface area contributed by atoms with E-state index in [1.54, 1.807) is 0 Å². The molecule has 0 amide bonds. The number of carbonyl (C=O) groups excluding carboxylic acids is 1. The number of methoxy groups -OCH3 is 1. The maximum absolute atomic E-state index is 12.3. The molecule has 0 aliphatic heterocycles. The van der Waals surface area contributed by atoms with E-state index in [-0.39, 0.29) is 11.9 Å². The van der Waals surface area contributed by atoms with Gasteiger partial charge < -0.3 is 4.74 Å². The molecular weight excluding hydrogens is 260 g/mol. The van der Waals surface area contributed by atoms with Gasteiger partial charge in [-0.25, -0.2) is 0 Å². The van der Waals surface area contributed by atoms with Crippen LogP contribution in [-0.2, 0) is 14.9 Å². The second-order valence-corrected chi connectivity index (χ2v) is 5.41. The van der Waals surface area contributed by atoms with Crippen molar-refractivity contribution in [3.8, 4) is 0 Å². The molecule has 0 spiro atoms. The van der Waals surface area contributed by atoms with Gasteiger partial charge in [0.25, 0.3) is 0 Å². The topological polar surface area (TPSA) is 26.3 Å². The zero-order valence-electron chi connectivity index (χ0n) is 12.0. The van der Waals surface area contributed by atoms with E-state index in [4.69, 9.17) is 4.74 Å². The van der Waals surface area contributed by atoms with Crippen molar-refractivity contribution in [1.29, 1.82) is 0 Å². The van der Waals surface area contributed by atoms with Crippen LogP contribution in [0.25, 0.3) is 6.08 Å². The van der Waals surface area contributed by atoms with Gasteiger partial charge in [-0.05, 0) is 23.5 Å². The fourth-order valence-corrected chi connectivity index (χ4v) is 2.91. The Kier molecular flexibility index (Phi) is 3.61. The molecule has 0 unspecified atom stereocenters. The van der Waals surface area contributed by atoms with Crippen molar-refractivity contribution in [1.82, 2.24) is 0 Å². The summed E-state index contributed by atoms with van der Waals surface area (Å²) >= 11 is 0. The van der Waals surface area contributed by atoms with Crippen molar-refractivity contribution in [3.63, 3.8) is 0 Å². The lowest BCUT2D eigenvalue weighted by Crippen LogP contribution is -2.24. The summed E-state index contributed by atoms with van der Waals surface area (Å²) in [5, 5.41) is 0. The molecule has 2 heteroatoms. The van der Waals surface area contributed by atoms with Crippen LogP contribution in [0.1, 0.15) is 17.5 Å². The summed E-state index contributed by atoms with van der Waals surface area (Å²) < 4.78 is 5.04. The Morgan fingerprint density at radius 2 is 1.71 bits per heavy atom. The van der Waals surface area contributed by atoms with Crippen LogP contribution < -0.4 is 0 Å². The van der Waals surface area contributed by atoms with E-state index in [1.807, 2.05) is 48.5 Å². The largest absolute Gasteiger partial charge is 0.468 e. The number of ether oxygens (including phenoxy) is 1. The standard InChI is InChI=1S/C19H18O2/c1-21-18(20)19(16-10-6-3-7-11-16)14-17(19)13-12-15-8-4-2-5-9-15/h2-13,17H,14H2,1H3/t17-,19+/m0/s1. The number of esters is 1. The number of carbonyl (C=O) groups is 1. The van der Waals surface area contributed by atoms with Crippen LogP contribution in [0.15, 0.2) is 66.7 Å². The molecule has 0 heterocycles. The lowest BCUT2D eigenvalue weighted by molar-refractivity contribution is -0.144. The molecule has 2 nitrogen and oxygen atoms in total. The highest BCUT2D eigenvalue weighted by molar-refractivity contribution is 5.88. The van der Waals surface area contributed by atoms with Gasteiger partial charge >= 0.3 is 5.97 Å². The molecule has 1 saturated carbocycles. The van der Waals surface area contributed by atoms with Crippen LogP contribution in [0.3, 0.4) is 0 Å². The van der Waals surface area contributed by atoms with Crippen molar-refractivity contribution >= 4 is 12.0 Å². The molecule has 1 aliphatic rings. The highest BCUT2D eigenvalue weighted by Crippen LogP contribution is 2.56. The first kappa shape index (κ1) is 13.6. The van der Waals surface area contributed by atoms with Crippen molar-refractivity contribution in [2.24, 2.45) is 5.92 Å². The number of hydrogen-bond donors (Lipinski definition) is 0. The van der Waals surface area contributed by atoms with Gasteiger partial charge in [-0.2, -0.15) is 0 Å². The Hall–Kier alpha value is -2.35. The molecule has 0 aromatic heterocycles. The normalized spacial score (nSPS) is 24.0. The quantitative estimate of drug-likeness (QED) is 0.794. The molecule has 2 aromatic carbocycles. The molecule has 2 atom stereocenters. The Bertz CT molecular complexity index is 646. The SMILES string of the molecule is COC(=O)[C@@]1(c2ccccc2)C[C@@H]1C=Cc1ccccc1. The Morgan fingerprint density at radius 1 is 1.10 bits per heavy atom. The van der Waals surface area contributed by atoms with Gasteiger partial charge in [0.2, 0.25) is 0 Å². The Balaban J connectivity index is 1.85. The maximum Gasteiger partial charge on any atom is 0.316 e. The third-order valence-electron chi connectivity index (χ3n) is 4.17.